The maximum absolute atomic E-state index is 9.95. The van der Waals surface area contributed by atoms with Crippen LogP contribution in [0, 0.1) is 0 Å². The van der Waals surface area contributed by atoms with Crippen LogP contribution < -0.4 is 4.74 Å². The quantitative estimate of drug-likeness (QED) is 0.808. The number of aliphatic hydroxyl groups is 2. The smallest absolute Gasteiger partial charge is 0.120 e. The first-order chi connectivity index (χ1) is 8.99. The second-order valence-electron chi connectivity index (χ2n) is 4.95. The zero-order valence-electron chi connectivity index (χ0n) is 11.8. The van der Waals surface area contributed by atoms with Gasteiger partial charge in [0.1, 0.15) is 5.75 Å². The number of hydrogen-bond acceptors (Lipinski definition) is 3. The SMILES string of the molecule is CCCC(O)C(O)CC(C)c1ccc(OC)cc1Cl. The fourth-order valence-corrected chi connectivity index (χ4v) is 2.53. The molecule has 1 aromatic rings. The molecule has 1 rings (SSSR count). The third kappa shape index (κ3) is 4.68. The van der Waals surface area contributed by atoms with Gasteiger partial charge in [-0.05, 0) is 36.5 Å². The lowest BCUT2D eigenvalue weighted by Gasteiger charge is -2.22. The average molecular weight is 287 g/mol. The Bertz CT molecular complexity index is 395. The zero-order valence-corrected chi connectivity index (χ0v) is 12.5. The highest BCUT2D eigenvalue weighted by Gasteiger charge is 2.20. The van der Waals surface area contributed by atoms with Crippen LogP contribution in [0.1, 0.15) is 44.6 Å². The summed E-state index contributed by atoms with van der Waals surface area (Å²) in [7, 11) is 1.60. The van der Waals surface area contributed by atoms with Gasteiger partial charge in [0, 0.05) is 5.02 Å². The minimum atomic E-state index is -0.715. The summed E-state index contributed by atoms with van der Waals surface area (Å²) >= 11 is 6.20. The average Bonchev–Trinajstić information content (AvgIpc) is 2.38. The Hall–Kier alpha value is -0.770. The molecule has 108 valence electrons. The van der Waals surface area contributed by atoms with Crippen molar-refractivity contribution in [2.45, 2.75) is 51.2 Å². The Kier molecular flexibility index (Phi) is 6.63. The van der Waals surface area contributed by atoms with Crippen molar-refractivity contribution in [1.82, 2.24) is 0 Å². The van der Waals surface area contributed by atoms with E-state index in [1.807, 2.05) is 26.0 Å². The molecule has 4 heteroatoms. The van der Waals surface area contributed by atoms with E-state index in [-0.39, 0.29) is 5.92 Å². The second kappa shape index (κ2) is 7.73. The Labute approximate surface area is 120 Å². The van der Waals surface area contributed by atoms with Crippen molar-refractivity contribution in [2.75, 3.05) is 7.11 Å². The lowest BCUT2D eigenvalue weighted by atomic mass is 9.92. The number of ether oxygens (including phenoxy) is 1. The maximum Gasteiger partial charge on any atom is 0.120 e. The van der Waals surface area contributed by atoms with Gasteiger partial charge in [-0.15, -0.1) is 0 Å². The standard InChI is InChI=1S/C15H23ClO3/c1-4-5-14(17)15(18)8-10(2)12-7-6-11(19-3)9-13(12)16/h6-7,9-10,14-15,17-18H,4-5,8H2,1-3H3. The molecule has 0 saturated carbocycles. The molecule has 0 amide bonds. The van der Waals surface area contributed by atoms with Gasteiger partial charge in [0.25, 0.3) is 0 Å². The molecule has 19 heavy (non-hydrogen) atoms. The van der Waals surface area contributed by atoms with E-state index >= 15 is 0 Å². The van der Waals surface area contributed by atoms with E-state index in [1.54, 1.807) is 13.2 Å². The van der Waals surface area contributed by atoms with Crippen molar-refractivity contribution in [1.29, 1.82) is 0 Å². The number of methoxy groups -OCH3 is 1. The normalized spacial score (nSPS) is 15.9. The highest BCUT2D eigenvalue weighted by Crippen LogP contribution is 2.31. The van der Waals surface area contributed by atoms with E-state index in [4.69, 9.17) is 16.3 Å². The molecule has 0 bridgehead atoms. The van der Waals surface area contributed by atoms with E-state index in [0.29, 0.717) is 23.6 Å². The van der Waals surface area contributed by atoms with Crippen LogP contribution >= 0.6 is 11.6 Å². The summed E-state index contributed by atoms with van der Waals surface area (Å²) in [5, 5.41) is 20.3. The van der Waals surface area contributed by atoms with Crippen LogP contribution in [0.3, 0.4) is 0 Å². The lowest BCUT2D eigenvalue weighted by molar-refractivity contribution is 0.00638. The fraction of sp³-hybridized carbons (Fsp3) is 0.600. The van der Waals surface area contributed by atoms with Gasteiger partial charge in [0.05, 0.1) is 19.3 Å². The summed E-state index contributed by atoms with van der Waals surface area (Å²) in [5.74, 6) is 0.799. The van der Waals surface area contributed by atoms with Crippen molar-refractivity contribution in [3.05, 3.63) is 28.8 Å². The highest BCUT2D eigenvalue weighted by atomic mass is 35.5. The molecule has 0 heterocycles. The minimum absolute atomic E-state index is 0.0833. The topological polar surface area (TPSA) is 49.7 Å². The third-order valence-electron chi connectivity index (χ3n) is 3.36. The number of rotatable bonds is 7. The predicted molar refractivity (Wildman–Crippen MR) is 78.0 cm³/mol. The van der Waals surface area contributed by atoms with E-state index in [2.05, 4.69) is 0 Å². The van der Waals surface area contributed by atoms with Crippen molar-refractivity contribution in [3.8, 4) is 5.75 Å². The summed E-state index contributed by atoms with van der Waals surface area (Å²) in [4.78, 5) is 0. The molecule has 0 aromatic heterocycles. The van der Waals surface area contributed by atoms with Crippen LogP contribution in [0.15, 0.2) is 18.2 Å². The van der Waals surface area contributed by atoms with E-state index in [0.717, 1.165) is 12.0 Å². The van der Waals surface area contributed by atoms with Gasteiger partial charge in [0.15, 0.2) is 0 Å². The van der Waals surface area contributed by atoms with Crippen molar-refractivity contribution in [2.24, 2.45) is 0 Å². The molecule has 0 aliphatic heterocycles. The first kappa shape index (κ1) is 16.3. The van der Waals surface area contributed by atoms with Gasteiger partial charge in [-0.25, -0.2) is 0 Å². The molecule has 3 atom stereocenters. The second-order valence-corrected chi connectivity index (χ2v) is 5.35. The monoisotopic (exact) mass is 286 g/mol. The van der Waals surface area contributed by atoms with Crippen LogP contribution in [0.25, 0.3) is 0 Å². The molecule has 0 radical (unpaired) electrons. The predicted octanol–water partition coefficient (Wildman–Crippen LogP) is 3.36. The molecular formula is C15H23ClO3. The molecular weight excluding hydrogens is 264 g/mol. The van der Waals surface area contributed by atoms with Crippen LogP contribution in [0.2, 0.25) is 5.02 Å². The van der Waals surface area contributed by atoms with Crippen molar-refractivity contribution in [3.63, 3.8) is 0 Å². The summed E-state index contributed by atoms with van der Waals surface area (Å²) in [6, 6.07) is 5.53. The van der Waals surface area contributed by atoms with Crippen LogP contribution in [0.5, 0.6) is 5.75 Å². The van der Waals surface area contributed by atoms with E-state index in [9.17, 15) is 10.2 Å². The molecule has 3 nitrogen and oxygen atoms in total. The molecule has 0 aliphatic carbocycles. The Balaban J connectivity index is 2.70. The summed E-state index contributed by atoms with van der Waals surface area (Å²) in [6.45, 7) is 3.98. The van der Waals surface area contributed by atoms with Crippen LogP contribution in [-0.2, 0) is 0 Å². The van der Waals surface area contributed by atoms with Gasteiger partial charge in [-0.2, -0.15) is 0 Å². The van der Waals surface area contributed by atoms with E-state index in [1.165, 1.54) is 0 Å². The van der Waals surface area contributed by atoms with Crippen LogP contribution in [-0.4, -0.2) is 29.5 Å². The first-order valence-corrected chi connectivity index (χ1v) is 7.06. The third-order valence-corrected chi connectivity index (χ3v) is 3.69. The zero-order chi connectivity index (χ0) is 14.4. The molecule has 0 spiro atoms. The number of halogens is 1. The molecule has 3 unspecified atom stereocenters. The van der Waals surface area contributed by atoms with Gasteiger partial charge < -0.3 is 14.9 Å². The highest BCUT2D eigenvalue weighted by molar-refractivity contribution is 6.31. The van der Waals surface area contributed by atoms with Gasteiger partial charge >= 0.3 is 0 Å². The molecule has 0 saturated heterocycles. The fourth-order valence-electron chi connectivity index (χ4n) is 2.17. The minimum Gasteiger partial charge on any atom is -0.497 e. The Morgan fingerprint density at radius 3 is 2.47 bits per heavy atom. The molecule has 2 N–H and O–H groups in total. The Morgan fingerprint density at radius 1 is 1.26 bits per heavy atom. The number of benzene rings is 1. The van der Waals surface area contributed by atoms with Crippen molar-refractivity contribution >= 4 is 11.6 Å². The summed E-state index contributed by atoms with van der Waals surface area (Å²) in [6.07, 6.45) is 0.588. The Morgan fingerprint density at radius 2 is 1.95 bits per heavy atom. The maximum atomic E-state index is 9.95. The summed E-state index contributed by atoms with van der Waals surface area (Å²) in [5.41, 5.74) is 0.963. The van der Waals surface area contributed by atoms with Gasteiger partial charge in [-0.1, -0.05) is 37.9 Å². The number of hydrogen-bond donors (Lipinski definition) is 2. The van der Waals surface area contributed by atoms with Gasteiger partial charge in [0.2, 0.25) is 0 Å². The van der Waals surface area contributed by atoms with Crippen LogP contribution in [0.4, 0.5) is 0 Å². The lowest BCUT2D eigenvalue weighted by Crippen LogP contribution is -2.27. The summed E-state index contributed by atoms with van der Waals surface area (Å²) < 4.78 is 5.11. The first-order valence-electron chi connectivity index (χ1n) is 6.69. The largest absolute Gasteiger partial charge is 0.497 e. The number of aliphatic hydroxyl groups excluding tert-OH is 2. The molecule has 0 fully saturated rings. The molecule has 0 aliphatic rings. The van der Waals surface area contributed by atoms with Crippen molar-refractivity contribution < 1.29 is 14.9 Å². The molecule has 1 aromatic carbocycles. The van der Waals surface area contributed by atoms with E-state index < -0.39 is 12.2 Å². The van der Waals surface area contributed by atoms with Gasteiger partial charge in [-0.3, -0.25) is 0 Å².